The van der Waals surface area contributed by atoms with Gasteiger partial charge in [-0.25, -0.2) is 4.90 Å². The number of rotatable bonds is 4. The molecule has 32 heavy (non-hydrogen) atoms. The summed E-state index contributed by atoms with van der Waals surface area (Å²) in [6.45, 7) is 1.47. The van der Waals surface area contributed by atoms with Crippen LogP contribution in [-0.4, -0.2) is 23.5 Å². The van der Waals surface area contributed by atoms with Crippen LogP contribution in [0.5, 0.6) is 0 Å². The quantitative estimate of drug-likeness (QED) is 0.459. The number of anilines is 2. The van der Waals surface area contributed by atoms with Crippen LogP contribution in [0.25, 0.3) is 0 Å². The Morgan fingerprint density at radius 3 is 2.16 bits per heavy atom. The standard InChI is InChI=1S/C26H22N2O4/c1-13(29)14-4-2-6-16(10-14)27-24(30)15-5-3-7-17(11-15)28-25(31)22-18-8-9-19(21-12-20(18)21)23(22)26(28)32/h2-11,18-23H,12H2,1H3,(H,27,30)/t18-,19-,20-,21-,22+,23+/m1/s1. The Kier molecular flexibility index (Phi) is 4.03. The Balaban J connectivity index is 1.27. The third kappa shape index (κ3) is 2.72. The molecule has 1 aliphatic heterocycles. The van der Waals surface area contributed by atoms with Crippen LogP contribution in [0, 0.1) is 35.5 Å². The summed E-state index contributed by atoms with van der Waals surface area (Å²) in [5.41, 5.74) is 1.80. The van der Waals surface area contributed by atoms with Crippen LogP contribution >= 0.6 is 0 Å². The van der Waals surface area contributed by atoms with Crippen LogP contribution in [0.2, 0.25) is 0 Å². The Morgan fingerprint density at radius 2 is 1.50 bits per heavy atom. The number of ketones is 1. The van der Waals surface area contributed by atoms with Crippen LogP contribution in [-0.2, 0) is 9.59 Å². The van der Waals surface area contributed by atoms with Gasteiger partial charge in [-0.2, -0.15) is 0 Å². The van der Waals surface area contributed by atoms with E-state index in [-0.39, 0.29) is 47.2 Å². The molecule has 0 radical (unpaired) electrons. The van der Waals surface area contributed by atoms with Crippen molar-refractivity contribution in [2.45, 2.75) is 13.3 Å². The minimum atomic E-state index is -0.368. The van der Waals surface area contributed by atoms with E-state index in [0.29, 0.717) is 34.3 Å². The lowest BCUT2D eigenvalue weighted by atomic mass is 9.63. The van der Waals surface area contributed by atoms with Gasteiger partial charge in [0.1, 0.15) is 0 Å². The first kappa shape index (κ1) is 19.2. The lowest BCUT2D eigenvalue weighted by Crippen LogP contribution is -2.40. The van der Waals surface area contributed by atoms with Crippen LogP contribution in [0.3, 0.4) is 0 Å². The molecule has 3 fully saturated rings. The number of allylic oxidation sites excluding steroid dienone is 2. The number of benzene rings is 2. The fourth-order valence-corrected chi connectivity index (χ4v) is 6.02. The molecule has 3 amide bonds. The van der Waals surface area contributed by atoms with Gasteiger partial charge >= 0.3 is 0 Å². The first-order chi connectivity index (χ1) is 15.4. The average molecular weight is 426 g/mol. The molecule has 2 bridgehead atoms. The summed E-state index contributed by atoms with van der Waals surface area (Å²) >= 11 is 0. The van der Waals surface area contributed by atoms with E-state index in [0.717, 1.165) is 6.42 Å². The molecule has 2 saturated carbocycles. The summed E-state index contributed by atoms with van der Waals surface area (Å²) in [4.78, 5) is 52.4. The van der Waals surface area contributed by atoms with Crippen LogP contribution in [0.15, 0.2) is 60.7 Å². The molecular weight excluding hydrogens is 404 g/mol. The van der Waals surface area contributed by atoms with Crippen molar-refractivity contribution in [1.29, 1.82) is 0 Å². The maximum atomic E-state index is 13.3. The van der Waals surface area contributed by atoms with Gasteiger partial charge in [0.25, 0.3) is 5.91 Å². The zero-order valence-electron chi connectivity index (χ0n) is 17.5. The van der Waals surface area contributed by atoms with E-state index < -0.39 is 0 Å². The molecule has 2 aromatic carbocycles. The van der Waals surface area contributed by atoms with Gasteiger partial charge in [-0.1, -0.05) is 30.4 Å². The minimum absolute atomic E-state index is 0.0864. The second-order valence-electron chi connectivity index (χ2n) is 9.31. The molecule has 6 atom stereocenters. The van der Waals surface area contributed by atoms with Crippen molar-refractivity contribution < 1.29 is 19.2 Å². The van der Waals surface area contributed by atoms with Crippen molar-refractivity contribution in [3.63, 3.8) is 0 Å². The highest BCUT2D eigenvalue weighted by Gasteiger charge is 2.67. The Morgan fingerprint density at radius 1 is 0.875 bits per heavy atom. The molecule has 6 nitrogen and oxygen atoms in total. The first-order valence-corrected chi connectivity index (χ1v) is 11.0. The van der Waals surface area contributed by atoms with Gasteiger partial charge in [0.15, 0.2) is 5.78 Å². The highest BCUT2D eigenvalue weighted by Crippen LogP contribution is 2.65. The highest BCUT2D eigenvalue weighted by atomic mass is 16.2. The SMILES string of the molecule is CC(=O)c1cccc(NC(=O)c2cccc(N3C(=O)[C@H]4[C@@H]5C=C[C@H]([C@H]6C[C@H]56)[C@@H]4C3=O)c2)c1. The van der Waals surface area contributed by atoms with E-state index in [9.17, 15) is 19.2 Å². The number of nitrogens with one attached hydrogen (secondary N) is 1. The summed E-state index contributed by atoms with van der Waals surface area (Å²) < 4.78 is 0. The molecular formula is C26H22N2O4. The molecule has 6 heteroatoms. The number of nitrogens with zero attached hydrogens (tertiary/aromatic N) is 1. The maximum absolute atomic E-state index is 13.3. The zero-order valence-corrected chi connectivity index (χ0v) is 17.5. The third-order valence-electron chi connectivity index (χ3n) is 7.56. The number of amides is 3. The number of hydrogen-bond donors (Lipinski definition) is 1. The molecule has 0 aromatic heterocycles. The van der Waals surface area contributed by atoms with Crippen LogP contribution in [0.1, 0.15) is 34.1 Å². The maximum Gasteiger partial charge on any atom is 0.255 e. The van der Waals surface area contributed by atoms with Crippen molar-refractivity contribution in [3.8, 4) is 0 Å². The van der Waals surface area contributed by atoms with Gasteiger partial charge in [0.2, 0.25) is 11.8 Å². The molecule has 160 valence electrons. The lowest BCUT2D eigenvalue weighted by molar-refractivity contribution is -0.124. The Bertz CT molecular complexity index is 1200. The van der Waals surface area contributed by atoms with Crippen molar-refractivity contribution in [2.75, 3.05) is 10.2 Å². The fourth-order valence-electron chi connectivity index (χ4n) is 6.02. The molecule has 0 unspecified atom stereocenters. The summed E-state index contributed by atoms with van der Waals surface area (Å²) in [5.74, 6) is 0.141. The molecule has 4 aliphatic carbocycles. The average Bonchev–Trinajstić information content (AvgIpc) is 3.57. The molecule has 5 aliphatic rings. The van der Waals surface area contributed by atoms with Crippen molar-refractivity contribution in [3.05, 3.63) is 71.8 Å². The first-order valence-electron chi connectivity index (χ1n) is 11.0. The number of Topliss-reactive ketones (excluding diaryl/α,β-unsaturated/α-hetero) is 1. The smallest absolute Gasteiger partial charge is 0.255 e. The molecule has 1 saturated heterocycles. The number of imide groups is 1. The van der Waals surface area contributed by atoms with Gasteiger partial charge in [-0.3, -0.25) is 19.2 Å². The highest BCUT2D eigenvalue weighted by molar-refractivity contribution is 6.23. The molecule has 2 aromatic rings. The van der Waals surface area contributed by atoms with E-state index in [1.54, 1.807) is 48.5 Å². The van der Waals surface area contributed by atoms with Gasteiger partial charge in [0, 0.05) is 16.8 Å². The van der Waals surface area contributed by atoms with Crippen LogP contribution < -0.4 is 10.2 Å². The summed E-state index contributed by atoms with van der Waals surface area (Å²) in [5, 5.41) is 2.79. The number of hydrogen-bond acceptors (Lipinski definition) is 4. The molecule has 7 rings (SSSR count). The lowest BCUT2D eigenvalue weighted by Gasteiger charge is -2.37. The zero-order chi connectivity index (χ0) is 22.1. The van der Waals surface area contributed by atoms with Crippen LogP contribution in [0.4, 0.5) is 11.4 Å². The normalized spacial score (nSPS) is 31.3. The predicted molar refractivity (Wildman–Crippen MR) is 118 cm³/mol. The number of carbonyl (C=O) groups is 4. The van der Waals surface area contributed by atoms with E-state index in [2.05, 4.69) is 17.5 Å². The van der Waals surface area contributed by atoms with Crippen molar-refractivity contribution in [1.82, 2.24) is 0 Å². The van der Waals surface area contributed by atoms with E-state index in [1.807, 2.05) is 0 Å². The molecule has 0 spiro atoms. The van der Waals surface area contributed by atoms with Crippen molar-refractivity contribution >= 4 is 34.9 Å². The second-order valence-corrected chi connectivity index (χ2v) is 9.31. The van der Waals surface area contributed by atoms with E-state index in [4.69, 9.17) is 0 Å². The fraction of sp³-hybridized carbons (Fsp3) is 0.308. The minimum Gasteiger partial charge on any atom is -0.322 e. The summed E-state index contributed by atoms with van der Waals surface area (Å²) in [6.07, 6.45) is 5.41. The molecule has 1 N–H and O–H groups in total. The second kappa shape index (κ2) is 6.73. The third-order valence-corrected chi connectivity index (χ3v) is 7.56. The predicted octanol–water partition coefficient (Wildman–Crippen LogP) is 3.70. The number of carbonyl (C=O) groups excluding carboxylic acids is 4. The summed E-state index contributed by atoms with van der Waals surface area (Å²) in [7, 11) is 0. The van der Waals surface area contributed by atoms with Gasteiger partial charge in [-0.15, -0.1) is 0 Å². The van der Waals surface area contributed by atoms with Crippen molar-refractivity contribution in [2.24, 2.45) is 35.5 Å². The molecule has 1 heterocycles. The van der Waals surface area contributed by atoms with Gasteiger partial charge in [-0.05, 0) is 67.3 Å². The Hall–Kier alpha value is -3.54. The topological polar surface area (TPSA) is 83.6 Å². The largest absolute Gasteiger partial charge is 0.322 e. The Labute approximate surface area is 185 Å². The van der Waals surface area contributed by atoms with E-state index in [1.165, 1.54) is 11.8 Å². The van der Waals surface area contributed by atoms with Gasteiger partial charge in [0.05, 0.1) is 17.5 Å². The summed E-state index contributed by atoms with van der Waals surface area (Å²) in [6, 6.07) is 13.4. The van der Waals surface area contributed by atoms with Gasteiger partial charge < -0.3 is 5.32 Å². The van der Waals surface area contributed by atoms with E-state index >= 15 is 0 Å². The monoisotopic (exact) mass is 426 g/mol.